The molecule has 4 heteroatoms. The Morgan fingerprint density at radius 1 is 1.10 bits per heavy atom. The molecule has 3 fully saturated rings. The smallest absolute Gasteiger partial charge is 0.0625 e. The van der Waals surface area contributed by atoms with Gasteiger partial charge in [-0.15, -0.1) is 0 Å². The average Bonchev–Trinajstić information content (AvgIpc) is 2.49. The molecule has 4 nitrogen and oxygen atoms in total. The lowest BCUT2D eigenvalue weighted by Crippen LogP contribution is -2.51. The summed E-state index contributed by atoms with van der Waals surface area (Å²) in [5.41, 5.74) is 6.32. The summed E-state index contributed by atoms with van der Waals surface area (Å²) >= 11 is 0. The van der Waals surface area contributed by atoms with E-state index in [9.17, 15) is 0 Å². The van der Waals surface area contributed by atoms with Gasteiger partial charge in [-0.1, -0.05) is 0 Å². The number of hydrogen-bond acceptors (Lipinski definition) is 4. The zero-order valence-corrected chi connectivity index (χ0v) is 12.9. The lowest BCUT2D eigenvalue weighted by atomic mass is 9.70. The first-order chi connectivity index (χ1) is 9.75. The van der Waals surface area contributed by atoms with Crippen LogP contribution in [0.3, 0.4) is 0 Å². The summed E-state index contributed by atoms with van der Waals surface area (Å²) in [6, 6.07) is 1.04. The molecule has 0 radical (unpaired) electrons. The molecule has 2 saturated heterocycles. The number of ether oxygens (including phenoxy) is 1. The zero-order valence-electron chi connectivity index (χ0n) is 12.9. The first-order valence-corrected chi connectivity index (χ1v) is 8.50. The fourth-order valence-corrected chi connectivity index (χ4v) is 4.65. The number of piperidine rings is 1. The van der Waals surface area contributed by atoms with Crippen LogP contribution in [-0.2, 0) is 4.74 Å². The van der Waals surface area contributed by atoms with E-state index in [2.05, 4.69) is 17.3 Å². The molecular formula is C16H31N3O. The predicted octanol–water partition coefficient (Wildman–Crippen LogP) is 1.06. The van der Waals surface area contributed by atoms with Crippen molar-refractivity contribution in [2.75, 3.05) is 39.9 Å². The Balaban J connectivity index is 1.51. The van der Waals surface area contributed by atoms with Crippen LogP contribution in [0.25, 0.3) is 0 Å². The van der Waals surface area contributed by atoms with Crippen molar-refractivity contribution in [2.24, 2.45) is 23.5 Å². The van der Waals surface area contributed by atoms with Crippen LogP contribution in [0.5, 0.6) is 0 Å². The van der Waals surface area contributed by atoms with Crippen molar-refractivity contribution in [3.05, 3.63) is 0 Å². The van der Waals surface area contributed by atoms with Crippen LogP contribution < -0.4 is 11.1 Å². The maximum absolute atomic E-state index is 6.32. The highest BCUT2D eigenvalue weighted by atomic mass is 16.5. The van der Waals surface area contributed by atoms with Crippen LogP contribution in [-0.4, -0.2) is 56.9 Å². The minimum absolute atomic E-state index is 0.381. The van der Waals surface area contributed by atoms with Crippen molar-refractivity contribution in [3.8, 4) is 0 Å². The summed E-state index contributed by atoms with van der Waals surface area (Å²) in [7, 11) is 2.27. The molecule has 0 spiro atoms. The maximum atomic E-state index is 6.32. The number of nitrogens with two attached hydrogens (primary N) is 1. The van der Waals surface area contributed by atoms with Crippen molar-refractivity contribution in [2.45, 2.75) is 44.2 Å². The van der Waals surface area contributed by atoms with E-state index in [-0.39, 0.29) is 0 Å². The zero-order chi connectivity index (χ0) is 13.9. The van der Waals surface area contributed by atoms with Gasteiger partial charge in [0.25, 0.3) is 0 Å². The summed E-state index contributed by atoms with van der Waals surface area (Å²) in [6.07, 6.45) is 6.79. The minimum atomic E-state index is 0.381. The van der Waals surface area contributed by atoms with E-state index in [1.807, 2.05) is 0 Å². The molecule has 0 aromatic heterocycles. The molecule has 0 bridgehead atoms. The number of nitrogens with zero attached hydrogens (tertiary/aromatic N) is 1. The third-order valence-electron chi connectivity index (χ3n) is 5.99. The lowest BCUT2D eigenvalue weighted by molar-refractivity contribution is -0.0291. The van der Waals surface area contributed by atoms with Crippen LogP contribution in [0.15, 0.2) is 0 Å². The summed E-state index contributed by atoms with van der Waals surface area (Å²) in [4.78, 5) is 2.52. The van der Waals surface area contributed by atoms with Gasteiger partial charge in [-0.25, -0.2) is 0 Å². The number of hydrogen-bond donors (Lipinski definition) is 2. The second-order valence-corrected chi connectivity index (χ2v) is 7.12. The molecule has 20 heavy (non-hydrogen) atoms. The van der Waals surface area contributed by atoms with Gasteiger partial charge >= 0.3 is 0 Å². The summed E-state index contributed by atoms with van der Waals surface area (Å²) < 4.78 is 5.70. The van der Waals surface area contributed by atoms with Crippen molar-refractivity contribution < 1.29 is 4.74 Å². The quantitative estimate of drug-likeness (QED) is 0.795. The molecule has 116 valence electrons. The standard InChI is InChI=1S/C16H31N3O/c1-19-8-9-20-11-16(19)13-4-2-12(3-5-13)14-6-7-18-10-15(14)17/h12-16,18H,2-11,17H2,1H3. The Hall–Kier alpha value is -0.160. The normalized spacial score (nSPS) is 44.4. The van der Waals surface area contributed by atoms with E-state index in [1.54, 1.807) is 0 Å². The van der Waals surface area contributed by atoms with E-state index >= 15 is 0 Å². The molecular weight excluding hydrogens is 250 g/mol. The molecule has 1 aliphatic carbocycles. The third kappa shape index (κ3) is 3.19. The maximum Gasteiger partial charge on any atom is 0.0625 e. The second-order valence-electron chi connectivity index (χ2n) is 7.12. The van der Waals surface area contributed by atoms with Crippen LogP contribution in [0.1, 0.15) is 32.1 Å². The first-order valence-electron chi connectivity index (χ1n) is 8.50. The Morgan fingerprint density at radius 3 is 2.55 bits per heavy atom. The summed E-state index contributed by atoms with van der Waals surface area (Å²) in [5.74, 6) is 2.48. The molecule has 1 saturated carbocycles. The Kier molecular flexibility index (Phi) is 4.97. The Bertz CT molecular complexity index is 274. The predicted molar refractivity (Wildman–Crippen MR) is 81.6 cm³/mol. The van der Waals surface area contributed by atoms with E-state index in [0.717, 1.165) is 50.6 Å². The second kappa shape index (κ2) is 6.73. The number of morpholine rings is 1. The highest BCUT2D eigenvalue weighted by Gasteiger charge is 2.36. The van der Waals surface area contributed by atoms with Gasteiger partial charge in [-0.3, -0.25) is 4.90 Å². The van der Waals surface area contributed by atoms with Crippen molar-refractivity contribution in [1.29, 1.82) is 0 Å². The van der Waals surface area contributed by atoms with Gasteiger partial charge in [-0.05, 0) is 63.5 Å². The molecule has 3 atom stereocenters. The Labute approximate surface area is 123 Å². The average molecular weight is 281 g/mol. The topological polar surface area (TPSA) is 50.5 Å². The van der Waals surface area contributed by atoms with E-state index < -0.39 is 0 Å². The van der Waals surface area contributed by atoms with Crippen molar-refractivity contribution in [3.63, 3.8) is 0 Å². The van der Waals surface area contributed by atoms with Crippen LogP contribution in [0.4, 0.5) is 0 Å². The van der Waals surface area contributed by atoms with E-state index in [0.29, 0.717) is 12.1 Å². The highest BCUT2D eigenvalue weighted by molar-refractivity contribution is 4.90. The van der Waals surface area contributed by atoms with Crippen molar-refractivity contribution in [1.82, 2.24) is 10.2 Å². The SMILES string of the molecule is CN1CCOCC1C1CCC(C2CCNCC2N)CC1. The first kappa shape index (κ1) is 14.8. The number of likely N-dealkylation sites (N-methyl/N-ethyl adjacent to an activating group) is 1. The van der Waals surface area contributed by atoms with Crippen LogP contribution >= 0.6 is 0 Å². The Morgan fingerprint density at radius 2 is 1.85 bits per heavy atom. The fourth-order valence-electron chi connectivity index (χ4n) is 4.65. The molecule has 2 aliphatic heterocycles. The summed E-state index contributed by atoms with van der Waals surface area (Å²) in [6.45, 7) is 5.13. The van der Waals surface area contributed by atoms with E-state index in [4.69, 9.17) is 10.5 Å². The van der Waals surface area contributed by atoms with Crippen LogP contribution in [0, 0.1) is 17.8 Å². The van der Waals surface area contributed by atoms with Gasteiger partial charge in [0.2, 0.25) is 0 Å². The van der Waals surface area contributed by atoms with Gasteiger partial charge in [0.15, 0.2) is 0 Å². The molecule has 3 unspecified atom stereocenters. The van der Waals surface area contributed by atoms with Gasteiger partial charge < -0.3 is 15.8 Å². The molecule has 3 aliphatic rings. The number of rotatable bonds is 2. The fraction of sp³-hybridized carbons (Fsp3) is 1.00. The van der Waals surface area contributed by atoms with Gasteiger partial charge in [-0.2, -0.15) is 0 Å². The molecule has 0 aromatic carbocycles. The molecule has 0 aromatic rings. The van der Waals surface area contributed by atoms with Gasteiger partial charge in [0.1, 0.15) is 0 Å². The molecule has 0 amide bonds. The van der Waals surface area contributed by atoms with Gasteiger partial charge in [0.05, 0.1) is 13.2 Å². The lowest BCUT2D eigenvalue weighted by Gasteiger charge is -2.44. The molecule has 2 heterocycles. The monoisotopic (exact) mass is 281 g/mol. The molecule has 3 rings (SSSR count). The minimum Gasteiger partial charge on any atom is -0.378 e. The number of nitrogens with one attached hydrogen (secondary N) is 1. The van der Waals surface area contributed by atoms with E-state index in [1.165, 1.54) is 32.1 Å². The molecule has 3 N–H and O–H groups in total. The van der Waals surface area contributed by atoms with Gasteiger partial charge in [0, 0.05) is 25.2 Å². The largest absolute Gasteiger partial charge is 0.378 e. The third-order valence-corrected chi connectivity index (χ3v) is 5.99. The van der Waals surface area contributed by atoms with Crippen LogP contribution in [0.2, 0.25) is 0 Å². The summed E-state index contributed by atoms with van der Waals surface area (Å²) in [5, 5.41) is 3.42. The van der Waals surface area contributed by atoms with Crippen molar-refractivity contribution >= 4 is 0 Å². The highest BCUT2D eigenvalue weighted by Crippen LogP contribution is 2.38.